The van der Waals surface area contributed by atoms with Gasteiger partial charge in [0, 0.05) is 22.6 Å². The van der Waals surface area contributed by atoms with E-state index in [0.29, 0.717) is 17.1 Å². The van der Waals surface area contributed by atoms with Crippen molar-refractivity contribution in [2.75, 3.05) is 17.2 Å². The molecule has 0 aromatic heterocycles. The summed E-state index contributed by atoms with van der Waals surface area (Å²) in [6, 6.07) is 12.4. The second-order valence-electron chi connectivity index (χ2n) is 3.99. The van der Waals surface area contributed by atoms with Crippen molar-refractivity contribution < 1.29 is 0 Å². The van der Waals surface area contributed by atoms with E-state index in [1.807, 2.05) is 30.3 Å². The lowest BCUT2D eigenvalue weighted by Gasteiger charge is -2.17. The van der Waals surface area contributed by atoms with Crippen LogP contribution in [0.15, 0.2) is 42.5 Å². The zero-order chi connectivity index (χ0) is 12.4. The van der Waals surface area contributed by atoms with E-state index in [1.165, 1.54) is 0 Å². The molecule has 88 valence electrons. The Balaban J connectivity index is 2.43. The average Bonchev–Trinajstić information content (AvgIpc) is 2.29. The minimum Gasteiger partial charge on any atom is -0.399 e. The second-order valence-corrected chi connectivity index (χ2v) is 3.99. The molecule has 0 heterocycles. The van der Waals surface area contributed by atoms with Gasteiger partial charge in [-0.25, -0.2) is 0 Å². The lowest BCUT2D eigenvalue weighted by molar-refractivity contribution is 0.878. The fourth-order valence-electron chi connectivity index (χ4n) is 1.83. The van der Waals surface area contributed by atoms with E-state index in [4.69, 9.17) is 22.9 Å². The van der Waals surface area contributed by atoms with Crippen LogP contribution in [-0.4, -0.2) is 0 Å². The van der Waals surface area contributed by atoms with E-state index in [0.717, 1.165) is 11.1 Å². The molecular weight excluding hydrogens is 212 g/mol. The summed E-state index contributed by atoms with van der Waals surface area (Å²) in [5, 5.41) is 0. The molecule has 0 aliphatic rings. The Hall–Kier alpha value is -2.20. The predicted molar refractivity (Wildman–Crippen MR) is 72.2 cm³/mol. The number of nitrogens with two attached hydrogens (primary N) is 4. The Kier molecular flexibility index (Phi) is 2.89. The van der Waals surface area contributed by atoms with Crippen molar-refractivity contribution in [3.05, 3.63) is 53.6 Å². The van der Waals surface area contributed by atoms with Gasteiger partial charge in [-0.15, -0.1) is 0 Å². The van der Waals surface area contributed by atoms with Crippen molar-refractivity contribution in [2.24, 2.45) is 5.73 Å². The van der Waals surface area contributed by atoms with E-state index < -0.39 is 0 Å². The first-order valence-corrected chi connectivity index (χ1v) is 5.34. The lowest BCUT2D eigenvalue weighted by atomic mass is 9.96. The maximum atomic E-state index is 6.17. The Labute approximate surface area is 100 Å². The molecule has 0 aliphatic carbocycles. The quantitative estimate of drug-likeness (QED) is 0.584. The number of nitrogen functional groups attached to an aromatic ring is 3. The van der Waals surface area contributed by atoms with Gasteiger partial charge in [0.15, 0.2) is 0 Å². The molecule has 2 aromatic rings. The van der Waals surface area contributed by atoms with Crippen molar-refractivity contribution in [1.29, 1.82) is 0 Å². The normalized spacial score (nSPS) is 12.3. The molecule has 1 unspecified atom stereocenters. The molecule has 2 aromatic carbocycles. The molecule has 0 saturated carbocycles. The minimum atomic E-state index is -0.336. The van der Waals surface area contributed by atoms with Gasteiger partial charge in [-0.2, -0.15) is 0 Å². The van der Waals surface area contributed by atoms with Gasteiger partial charge in [-0.1, -0.05) is 18.2 Å². The smallest absolute Gasteiger partial charge is 0.0592 e. The highest BCUT2D eigenvalue weighted by Gasteiger charge is 2.14. The molecule has 0 bridgehead atoms. The molecular formula is C13H16N4. The summed E-state index contributed by atoms with van der Waals surface area (Å²) in [5.74, 6) is 0. The first-order valence-electron chi connectivity index (χ1n) is 5.34. The summed E-state index contributed by atoms with van der Waals surface area (Å²) >= 11 is 0. The fraction of sp³-hybridized carbons (Fsp3) is 0.0769. The van der Waals surface area contributed by atoms with Gasteiger partial charge in [0.2, 0.25) is 0 Å². The third-order valence-corrected chi connectivity index (χ3v) is 2.78. The standard InChI is InChI=1S/C13H16N4/c14-9-6-4-8(5-7-9)13(17)12-10(15)2-1-3-11(12)16/h1-7,13H,14-17H2. The third kappa shape index (κ3) is 2.16. The van der Waals surface area contributed by atoms with Gasteiger partial charge in [0.05, 0.1) is 6.04 Å². The second kappa shape index (κ2) is 4.35. The van der Waals surface area contributed by atoms with E-state index in [2.05, 4.69) is 0 Å². The predicted octanol–water partition coefficient (Wildman–Crippen LogP) is 1.48. The highest BCUT2D eigenvalue weighted by molar-refractivity contribution is 5.64. The maximum absolute atomic E-state index is 6.17. The van der Waals surface area contributed by atoms with Crippen LogP contribution >= 0.6 is 0 Å². The van der Waals surface area contributed by atoms with Crippen LogP contribution in [0.5, 0.6) is 0 Å². The summed E-state index contributed by atoms with van der Waals surface area (Å²) in [4.78, 5) is 0. The summed E-state index contributed by atoms with van der Waals surface area (Å²) in [6.07, 6.45) is 0. The molecule has 0 saturated heterocycles. The summed E-state index contributed by atoms with van der Waals surface area (Å²) < 4.78 is 0. The molecule has 0 aliphatic heterocycles. The van der Waals surface area contributed by atoms with Gasteiger partial charge in [0.1, 0.15) is 0 Å². The Morgan fingerprint density at radius 1 is 0.765 bits per heavy atom. The van der Waals surface area contributed by atoms with E-state index in [-0.39, 0.29) is 6.04 Å². The third-order valence-electron chi connectivity index (χ3n) is 2.78. The maximum Gasteiger partial charge on any atom is 0.0592 e. The molecule has 17 heavy (non-hydrogen) atoms. The summed E-state index contributed by atoms with van der Waals surface area (Å²) in [5.41, 5.74) is 27.2. The van der Waals surface area contributed by atoms with Gasteiger partial charge in [-0.05, 0) is 29.8 Å². The fourth-order valence-corrected chi connectivity index (χ4v) is 1.83. The number of benzene rings is 2. The summed E-state index contributed by atoms with van der Waals surface area (Å²) in [6.45, 7) is 0. The van der Waals surface area contributed by atoms with Crippen LogP contribution in [0.2, 0.25) is 0 Å². The van der Waals surface area contributed by atoms with Gasteiger partial charge in [0.25, 0.3) is 0 Å². The highest BCUT2D eigenvalue weighted by atomic mass is 14.7. The highest BCUT2D eigenvalue weighted by Crippen LogP contribution is 2.29. The zero-order valence-electron chi connectivity index (χ0n) is 9.43. The molecule has 8 N–H and O–H groups in total. The topological polar surface area (TPSA) is 104 Å². The van der Waals surface area contributed by atoms with Crippen molar-refractivity contribution >= 4 is 17.1 Å². The van der Waals surface area contributed by atoms with Crippen molar-refractivity contribution in [1.82, 2.24) is 0 Å². The van der Waals surface area contributed by atoms with Crippen LogP contribution in [0.4, 0.5) is 17.1 Å². The SMILES string of the molecule is Nc1ccc(C(N)c2c(N)cccc2N)cc1. The first kappa shape index (κ1) is 11.3. The lowest BCUT2D eigenvalue weighted by Crippen LogP contribution is -2.16. The van der Waals surface area contributed by atoms with E-state index >= 15 is 0 Å². The molecule has 0 fully saturated rings. The molecule has 0 radical (unpaired) electrons. The van der Waals surface area contributed by atoms with Gasteiger partial charge >= 0.3 is 0 Å². The molecule has 1 atom stereocenters. The molecule has 0 amide bonds. The monoisotopic (exact) mass is 228 g/mol. The zero-order valence-corrected chi connectivity index (χ0v) is 9.43. The van der Waals surface area contributed by atoms with Crippen molar-refractivity contribution in [2.45, 2.75) is 6.04 Å². The molecule has 4 heteroatoms. The van der Waals surface area contributed by atoms with Crippen LogP contribution in [0.25, 0.3) is 0 Å². The van der Waals surface area contributed by atoms with Crippen LogP contribution < -0.4 is 22.9 Å². The Morgan fingerprint density at radius 3 is 1.82 bits per heavy atom. The van der Waals surface area contributed by atoms with E-state index in [9.17, 15) is 0 Å². The molecule has 2 rings (SSSR count). The van der Waals surface area contributed by atoms with Crippen LogP contribution in [-0.2, 0) is 0 Å². The molecule has 0 spiro atoms. The summed E-state index contributed by atoms with van der Waals surface area (Å²) in [7, 11) is 0. The van der Waals surface area contributed by atoms with Crippen LogP contribution in [0.1, 0.15) is 17.2 Å². The van der Waals surface area contributed by atoms with Crippen LogP contribution in [0, 0.1) is 0 Å². The largest absolute Gasteiger partial charge is 0.399 e. The average molecular weight is 228 g/mol. The first-order chi connectivity index (χ1) is 8.09. The number of anilines is 3. The van der Waals surface area contributed by atoms with Crippen molar-refractivity contribution in [3.63, 3.8) is 0 Å². The Morgan fingerprint density at radius 2 is 1.29 bits per heavy atom. The number of hydrogen-bond donors (Lipinski definition) is 4. The minimum absolute atomic E-state index is 0.336. The van der Waals surface area contributed by atoms with Crippen molar-refractivity contribution in [3.8, 4) is 0 Å². The van der Waals surface area contributed by atoms with Crippen LogP contribution in [0.3, 0.4) is 0 Å². The Bertz CT molecular complexity index is 499. The molecule has 4 nitrogen and oxygen atoms in total. The number of hydrogen-bond acceptors (Lipinski definition) is 4. The number of rotatable bonds is 2. The van der Waals surface area contributed by atoms with Gasteiger partial charge in [-0.3, -0.25) is 0 Å². The van der Waals surface area contributed by atoms with Gasteiger partial charge < -0.3 is 22.9 Å². The van der Waals surface area contributed by atoms with E-state index in [1.54, 1.807) is 12.1 Å².